The molecule has 0 bridgehead atoms. The van der Waals surface area contributed by atoms with Crippen LogP contribution < -0.4 is 16.1 Å². The Balaban J connectivity index is 1.88. The van der Waals surface area contributed by atoms with Gasteiger partial charge in [-0.1, -0.05) is 18.2 Å². The van der Waals surface area contributed by atoms with Gasteiger partial charge in [-0.25, -0.2) is 5.43 Å². The van der Waals surface area contributed by atoms with E-state index in [4.69, 9.17) is 0 Å². The molecule has 1 aromatic heterocycles. The summed E-state index contributed by atoms with van der Waals surface area (Å²) in [4.78, 5) is 39.2. The number of nitrogens with one attached hydrogen (secondary N) is 3. The third kappa shape index (κ3) is 5.97. The highest BCUT2D eigenvalue weighted by atomic mass is 16.2. The lowest BCUT2D eigenvalue weighted by molar-refractivity contribution is -0.120. The first-order valence-corrected chi connectivity index (χ1v) is 8.18. The minimum absolute atomic E-state index is 0.00713. The van der Waals surface area contributed by atoms with Crippen LogP contribution in [0.15, 0.2) is 53.0 Å². The average molecular weight is 355 g/mol. The third-order valence-electron chi connectivity index (χ3n) is 3.40. The fraction of sp³-hybridized carbons (Fsp3) is 0.278. The Hall–Kier alpha value is -3.29. The van der Waals surface area contributed by atoms with Gasteiger partial charge in [0.25, 0.3) is 5.91 Å². The molecule has 8 nitrogen and oxygen atoms in total. The molecule has 0 aliphatic heterocycles. The van der Waals surface area contributed by atoms with Crippen LogP contribution in [-0.4, -0.2) is 28.4 Å². The quantitative estimate of drug-likeness (QED) is 0.529. The van der Waals surface area contributed by atoms with E-state index in [1.807, 2.05) is 12.2 Å². The number of hydrogen-bond acceptors (Lipinski definition) is 5. The zero-order chi connectivity index (χ0) is 18.9. The number of aromatic nitrogens is 1. The first kappa shape index (κ1) is 19.0. The van der Waals surface area contributed by atoms with Gasteiger partial charge in [0.15, 0.2) is 0 Å². The summed E-state index contributed by atoms with van der Waals surface area (Å²) in [6.45, 7) is 3.05. The first-order valence-electron chi connectivity index (χ1n) is 8.18. The van der Waals surface area contributed by atoms with E-state index in [2.05, 4.69) is 26.1 Å². The minimum atomic E-state index is -0.448. The zero-order valence-electron chi connectivity index (χ0n) is 14.7. The number of carbonyl (C=O) groups excluding carboxylic acids is 3. The summed E-state index contributed by atoms with van der Waals surface area (Å²) >= 11 is 0. The second-order valence-electron chi connectivity index (χ2n) is 5.72. The molecule has 136 valence electrons. The highest BCUT2D eigenvalue weighted by Crippen LogP contribution is 2.14. The van der Waals surface area contributed by atoms with Gasteiger partial charge in [-0.2, -0.15) is 5.10 Å². The second kappa shape index (κ2) is 9.26. The summed E-state index contributed by atoms with van der Waals surface area (Å²) in [7, 11) is 0. The van der Waals surface area contributed by atoms with Gasteiger partial charge < -0.3 is 10.6 Å². The van der Waals surface area contributed by atoms with Crippen molar-refractivity contribution in [1.29, 1.82) is 0 Å². The van der Waals surface area contributed by atoms with Crippen LogP contribution in [0.2, 0.25) is 0 Å². The predicted octanol–water partition coefficient (Wildman–Crippen LogP) is 1.39. The molecule has 26 heavy (non-hydrogen) atoms. The number of pyridine rings is 1. The van der Waals surface area contributed by atoms with Gasteiger partial charge in [0.1, 0.15) is 5.69 Å². The maximum atomic E-state index is 12.2. The molecule has 1 heterocycles. The van der Waals surface area contributed by atoms with Crippen molar-refractivity contribution in [1.82, 2.24) is 21.0 Å². The van der Waals surface area contributed by atoms with Crippen molar-refractivity contribution in [2.24, 2.45) is 5.10 Å². The van der Waals surface area contributed by atoms with Gasteiger partial charge in [0.2, 0.25) is 11.8 Å². The van der Waals surface area contributed by atoms with Gasteiger partial charge in [-0.3, -0.25) is 19.4 Å². The van der Waals surface area contributed by atoms with Crippen LogP contribution in [0.3, 0.4) is 0 Å². The molecule has 0 saturated heterocycles. The molecule has 3 amide bonds. The van der Waals surface area contributed by atoms with E-state index in [0.29, 0.717) is 17.1 Å². The van der Waals surface area contributed by atoms with Gasteiger partial charge in [-0.05, 0) is 31.9 Å². The second-order valence-corrected chi connectivity index (χ2v) is 5.72. The van der Waals surface area contributed by atoms with Crippen LogP contribution in [0, 0.1) is 0 Å². The number of amides is 3. The Morgan fingerprint density at radius 2 is 1.77 bits per heavy atom. The van der Waals surface area contributed by atoms with E-state index >= 15 is 0 Å². The summed E-state index contributed by atoms with van der Waals surface area (Å²) in [6, 6.07) is 4.97. The first-order chi connectivity index (χ1) is 12.5. The number of nitrogens with zero attached hydrogens (tertiary/aromatic N) is 2. The Morgan fingerprint density at radius 3 is 2.38 bits per heavy atom. The van der Waals surface area contributed by atoms with Crippen molar-refractivity contribution in [3.8, 4) is 0 Å². The van der Waals surface area contributed by atoms with Crippen LogP contribution in [0.25, 0.3) is 0 Å². The van der Waals surface area contributed by atoms with Crippen molar-refractivity contribution < 1.29 is 14.4 Å². The molecule has 1 aliphatic carbocycles. The maximum Gasteiger partial charge on any atom is 0.289 e. The standard InChI is InChI=1S/C18H21N5O3/c1-12(22-23-18(26)16-9-5-6-10-19-16)11-17(25)21-15-8-4-3-7-14(15)20-13(2)24/h5-10H,3-4,11H2,1-2H3,(H,20,24)(H,21,25)(H,23,26)/b22-12+. The minimum Gasteiger partial charge on any atom is -0.325 e. The van der Waals surface area contributed by atoms with E-state index < -0.39 is 5.91 Å². The molecule has 0 spiro atoms. The molecule has 1 aromatic rings. The van der Waals surface area contributed by atoms with Gasteiger partial charge in [0.05, 0.1) is 17.8 Å². The van der Waals surface area contributed by atoms with E-state index in [-0.39, 0.29) is 23.9 Å². The monoisotopic (exact) mass is 355 g/mol. The van der Waals surface area contributed by atoms with Crippen LogP contribution in [0.4, 0.5) is 0 Å². The summed E-state index contributed by atoms with van der Waals surface area (Å²) in [6.07, 6.45) is 6.83. The smallest absolute Gasteiger partial charge is 0.289 e. The fourth-order valence-electron chi connectivity index (χ4n) is 2.27. The van der Waals surface area contributed by atoms with Crippen molar-refractivity contribution in [2.45, 2.75) is 33.1 Å². The molecule has 0 atom stereocenters. The molecule has 3 N–H and O–H groups in total. The van der Waals surface area contributed by atoms with E-state index in [0.717, 1.165) is 12.8 Å². The lowest BCUT2D eigenvalue weighted by Gasteiger charge is -2.17. The fourth-order valence-corrected chi connectivity index (χ4v) is 2.27. The summed E-state index contributed by atoms with van der Waals surface area (Å²) < 4.78 is 0. The van der Waals surface area contributed by atoms with Crippen molar-refractivity contribution in [3.05, 3.63) is 53.6 Å². The summed E-state index contributed by atoms with van der Waals surface area (Å²) in [5.74, 6) is -0.938. The molecule has 2 rings (SSSR count). The molecule has 0 saturated carbocycles. The van der Waals surface area contributed by atoms with Crippen molar-refractivity contribution in [2.75, 3.05) is 0 Å². The maximum absolute atomic E-state index is 12.2. The Labute approximate surface area is 151 Å². The molecule has 0 unspecified atom stereocenters. The number of allylic oxidation sites excluding steroid dienone is 2. The molecular formula is C18H21N5O3. The van der Waals surface area contributed by atoms with Crippen LogP contribution >= 0.6 is 0 Å². The normalized spacial score (nSPS) is 14.0. The molecule has 0 radical (unpaired) electrons. The SMILES string of the molecule is CC(=O)NC1=CCCC=C1NC(=O)C/C(C)=N/NC(=O)c1ccccn1. The molecular weight excluding hydrogens is 334 g/mol. The highest BCUT2D eigenvalue weighted by molar-refractivity contribution is 6.01. The Kier molecular flexibility index (Phi) is 6.78. The van der Waals surface area contributed by atoms with E-state index in [1.54, 1.807) is 25.1 Å². The third-order valence-corrected chi connectivity index (χ3v) is 3.40. The van der Waals surface area contributed by atoms with Crippen LogP contribution in [0.1, 0.15) is 43.6 Å². The largest absolute Gasteiger partial charge is 0.325 e. The number of hydrazone groups is 1. The number of rotatable bonds is 6. The number of carbonyl (C=O) groups is 3. The van der Waals surface area contributed by atoms with Gasteiger partial charge >= 0.3 is 0 Å². The van der Waals surface area contributed by atoms with E-state index in [1.165, 1.54) is 13.1 Å². The Bertz CT molecular complexity index is 781. The summed E-state index contributed by atoms with van der Waals surface area (Å²) in [5, 5.41) is 9.36. The highest BCUT2D eigenvalue weighted by Gasteiger charge is 2.14. The topological polar surface area (TPSA) is 113 Å². The number of hydrogen-bond donors (Lipinski definition) is 3. The predicted molar refractivity (Wildman–Crippen MR) is 96.8 cm³/mol. The Morgan fingerprint density at radius 1 is 1.08 bits per heavy atom. The van der Waals surface area contributed by atoms with Gasteiger partial charge in [0, 0.05) is 18.8 Å². The molecule has 0 aromatic carbocycles. The zero-order valence-corrected chi connectivity index (χ0v) is 14.7. The molecule has 0 fully saturated rings. The lowest BCUT2D eigenvalue weighted by Crippen LogP contribution is -2.32. The average Bonchev–Trinajstić information content (AvgIpc) is 2.61. The molecule has 1 aliphatic rings. The van der Waals surface area contributed by atoms with Crippen LogP contribution in [0.5, 0.6) is 0 Å². The summed E-state index contributed by atoms with van der Waals surface area (Å²) in [5.41, 5.74) is 4.21. The van der Waals surface area contributed by atoms with E-state index in [9.17, 15) is 14.4 Å². The van der Waals surface area contributed by atoms with Crippen molar-refractivity contribution >= 4 is 23.4 Å². The van der Waals surface area contributed by atoms with Crippen molar-refractivity contribution in [3.63, 3.8) is 0 Å². The molecule has 8 heteroatoms. The van der Waals surface area contributed by atoms with Gasteiger partial charge in [-0.15, -0.1) is 0 Å². The lowest BCUT2D eigenvalue weighted by atomic mass is 10.1. The van der Waals surface area contributed by atoms with Crippen LogP contribution in [-0.2, 0) is 9.59 Å².